The topological polar surface area (TPSA) is 79.8 Å². The molecule has 30 heavy (non-hydrogen) atoms. The summed E-state index contributed by atoms with van der Waals surface area (Å²) in [4.78, 5) is 24.1. The lowest BCUT2D eigenvalue weighted by Gasteiger charge is -2.13. The molecule has 0 fully saturated rings. The number of ether oxygens (including phenoxy) is 1. The molecule has 152 valence electrons. The molecule has 0 saturated heterocycles. The Morgan fingerprint density at radius 1 is 0.900 bits per heavy atom. The second-order valence-electron chi connectivity index (χ2n) is 6.62. The Morgan fingerprint density at radius 3 is 2.27 bits per heavy atom. The standard InChI is InChI=1S/C24H23N3O3/c1-18(20-12-6-3-7-13-20)26-23(28)24(29)27-25-16-21-14-8-9-15-22(21)30-17-19-10-4-2-5-11-19/h2-16,18H,17H2,1H3,(H,26,28)(H,27,29)/b25-16+. The smallest absolute Gasteiger partial charge is 0.329 e. The fraction of sp³-hybridized carbons (Fsp3) is 0.125. The van der Waals surface area contributed by atoms with E-state index in [1.54, 1.807) is 0 Å². The van der Waals surface area contributed by atoms with Crippen LogP contribution in [0.5, 0.6) is 5.75 Å². The largest absolute Gasteiger partial charge is 0.488 e. The summed E-state index contributed by atoms with van der Waals surface area (Å²) in [5.41, 5.74) is 4.89. The number of para-hydroxylation sites is 1. The van der Waals surface area contributed by atoms with Crippen molar-refractivity contribution >= 4 is 18.0 Å². The molecule has 0 aliphatic rings. The van der Waals surface area contributed by atoms with Crippen molar-refractivity contribution in [3.05, 3.63) is 102 Å². The molecule has 0 bridgehead atoms. The summed E-state index contributed by atoms with van der Waals surface area (Å²) in [5, 5.41) is 6.54. The van der Waals surface area contributed by atoms with E-state index in [-0.39, 0.29) is 6.04 Å². The molecule has 0 radical (unpaired) electrons. The average molecular weight is 401 g/mol. The van der Waals surface area contributed by atoms with Gasteiger partial charge < -0.3 is 10.1 Å². The van der Waals surface area contributed by atoms with Crippen LogP contribution in [0.2, 0.25) is 0 Å². The molecule has 3 rings (SSSR count). The van der Waals surface area contributed by atoms with E-state index in [1.807, 2.05) is 91.9 Å². The van der Waals surface area contributed by atoms with Crippen LogP contribution in [0.15, 0.2) is 90.0 Å². The maximum atomic E-state index is 12.1. The van der Waals surface area contributed by atoms with Gasteiger partial charge in [0.05, 0.1) is 12.3 Å². The molecule has 0 aromatic heterocycles. The maximum absolute atomic E-state index is 12.1. The number of nitrogens with one attached hydrogen (secondary N) is 2. The van der Waals surface area contributed by atoms with E-state index in [0.29, 0.717) is 17.9 Å². The zero-order chi connectivity index (χ0) is 21.2. The lowest BCUT2D eigenvalue weighted by atomic mass is 10.1. The van der Waals surface area contributed by atoms with Gasteiger partial charge in [0.2, 0.25) is 0 Å². The van der Waals surface area contributed by atoms with Crippen LogP contribution in [-0.2, 0) is 16.2 Å². The first-order chi connectivity index (χ1) is 14.6. The van der Waals surface area contributed by atoms with E-state index in [9.17, 15) is 9.59 Å². The molecule has 3 aromatic rings. The quantitative estimate of drug-likeness (QED) is 0.361. The summed E-state index contributed by atoms with van der Waals surface area (Å²) in [6.45, 7) is 2.22. The number of benzene rings is 3. The van der Waals surface area contributed by atoms with Crippen LogP contribution >= 0.6 is 0 Å². The number of rotatable bonds is 7. The van der Waals surface area contributed by atoms with Crippen molar-refractivity contribution in [2.24, 2.45) is 5.10 Å². The summed E-state index contributed by atoms with van der Waals surface area (Å²) in [6.07, 6.45) is 1.45. The zero-order valence-electron chi connectivity index (χ0n) is 16.6. The van der Waals surface area contributed by atoms with Crippen LogP contribution in [0.25, 0.3) is 0 Å². The van der Waals surface area contributed by atoms with E-state index >= 15 is 0 Å². The SMILES string of the molecule is CC(NC(=O)C(=O)N/N=C/c1ccccc1OCc1ccccc1)c1ccccc1. The molecule has 0 heterocycles. The predicted molar refractivity (Wildman–Crippen MR) is 116 cm³/mol. The maximum Gasteiger partial charge on any atom is 0.329 e. The molecule has 3 aromatic carbocycles. The summed E-state index contributed by atoms with van der Waals surface area (Å²) >= 11 is 0. The van der Waals surface area contributed by atoms with Crippen LogP contribution in [0.3, 0.4) is 0 Å². The van der Waals surface area contributed by atoms with Gasteiger partial charge in [-0.15, -0.1) is 0 Å². The van der Waals surface area contributed by atoms with Crippen molar-refractivity contribution in [3.63, 3.8) is 0 Å². The van der Waals surface area contributed by atoms with Crippen LogP contribution in [-0.4, -0.2) is 18.0 Å². The Labute approximate surface area is 175 Å². The van der Waals surface area contributed by atoms with Crippen molar-refractivity contribution in [2.45, 2.75) is 19.6 Å². The molecule has 2 amide bonds. The van der Waals surface area contributed by atoms with Crippen molar-refractivity contribution in [1.29, 1.82) is 0 Å². The highest BCUT2D eigenvalue weighted by Crippen LogP contribution is 2.17. The van der Waals surface area contributed by atoms with Crippen LogP contribution in [0.4, 0.5) is 0 Å². The third-order valence-corrected chi connectivity index (χ3v) is 4.38. The Kier molecular flexibility index (Phi) is 7.33. The molecule has 6 heteroatoms. The minimum atomic E-state index is -0.836. The first-order valence-corrected chi connectivity index (χ1v) is 9.58. The van der Waals surface area contributed by atoms with Crippen LogP contribution < -0.4 is 15.5 Å². The first kappa shape index (κ1) is 20.8. The van der Waals surface area contributed by atoms with E-state index in [4.69, 9.17) is 4.74 Å². The number of hydrazone groups is 1. The van der Waals surface area contributed by atoms with Gasteiger partial charge in [-0.05, 0) is 30.2 Å². The minimum absolute atomic E-state index is 0.291. The average Bonchev–Trinajstić information content (AvgIpc) is 2.79. The van der Waals surface area contributed by atoms with Gasteiger partial charge in [-0.3, -0.25) is 9.59 Å². The Balaban J connectivity index is 1.54. The van der Waals surface area contributed by atoms with Crippen molar-refractivity contribution in [1.82, 2.24) is 10.7 Å². The zero-order valence-corrected chi connectivity index (χ0v) is 16.6. The Morgan fingerprint density at radius 2 is 1.53 bits per heavy atom. The molecular weight excluding hydrogens is 378 g/mol. The number of amides is 2. The van der Waals surface area contributed by atoms with E-state index < -0.39 is 11.8 Å². The predicted octanol–water partition coefficient (Wildman–Crippen LogP) is 3.59. The van der Waals surface area contributed by atoms with Crippen molar-refractivity contribution in [3.8, 4) is 5.75 Å². The second kappa shape index (κ2) is 10.6. The van der Waals surface area contributed by atoms with Crippen molar-refractivity contribution < 1.29 is 14.3 Å². The number of nitrogens with zero attached hydrogens (tertiary/aromatic N) is 1. The number of hydrogen-bond donors (Lipinski definition) is 2. The third kappa shape index (κ3) is 6.04. The Hall–Kier alpha value is -3.93. The summed E-state index contributed by atoms with van der Waals surface area (Å²) in [6, 6.07) is 26.2. The summed E-state index contributed by atoms with van der Waals surface area (Å²) in [5.74, 6) is -0.963. The lowest BCUT2D eigenvalue weighted by Crippen LogP contribution is -2.39. The summed E-state index contributed by atoms with van der Waals surface area (Å²) in [7, 11) is 0. The van der Waals surface area contributed by atoms with E-state index in [2.05, 4.69) is 15.8 Å². The molecule has 1 unspecified atom stereocenters. The highest BCUT2D eigenvalue weighted by atomic mass is 16.5. The van der Waals surface area contributed by atoms with Gasteiger partial charge in [-0.25, -0.2) is 5.43 Å². The van der Waals surface area contributed by atoms with Gasteiger partial charge in [0.15, 0.2) is 0 Å². The van der Waals surface area contributed by atoms with Gasteiger partial charge >= 0.3 is 11.8 Å². The number of carbonyl (C=O) groups excluding carboxylic acids is 2. The van der Waals surface area contributed by atoms with Gasteiger partial charge in [0.1, 0.15) is 12.4 Å². The summed E-state index contributed by atoms with van der Waals surface area (Å²) < 4.78 is 5.85. The molecule has 1 atom stereocenters. The molecule has 2 N–H and O–H groups in total. The third-order valence-electron chi connectivity index (χ3n) is 4.38. The molecule has 0 aliphatic carbocycles. The molecule has 0 spiro atoms. The number of hydrogen-bond acceptors (Lipinski definition) is 4. The normalized spacial score (nSPS) is 11.6. The Bertz CT molecular complexity index is 1000. The highest BCUT2D eigenvalue weighted by molar-refractivity contribution is 6.35. The monoisotopic (exact) mass is 401 g/mol. The van der Waals surface area contributed by atoms with Gasteiger partial charge in [0, 0.05) is 5.56 Å². The fourth-order valence-electron chi connectivity index (χ4n) is 2.75. The van der Waals surface area contributed by atoms with Crippen LogP contribution in [0, 0.1) is 0 Å². The van der Waals surface area contributed by atoms with Gasteiger partial charge in [-0.2, -0.15) is 5.10 Å². The van der Waals surface area contributed by atoms with E-state index in [1.165, 1.54) is 6.21 Å². The second-order valence-corrected chi connectivity index (χ2v) is 6.62. The van der Waals surface area contributed by atoms with Crippen LogP contribution in [0.1, 0.15) is 29.7 Å². The highest BCUT2D eigenvalue weighted by Gasteiger charge is 2.16. The molecule has 6 nitrogen and oxygen atoms in total. The number of carbonyl (C=O) groups is 2. The molecule has 0 saturated carbocycles. The van der Waals surface area contributed by atoms with Crippen molar-refractivity contribution in [2.75, 3.05) is 0 Å². The molecular formula is C24H23N3O3. The van der Waals surface area contributed by atoms with Gasteiger partial charge in [-0.1, -0.05) is 72.8 Å². The molecule has 0 aliphatic heterocycles. The van der Waals surface area contributed by atoms with E-state index in [0.717, 1.165) is 11.1 Å². The lowest BCUT2D eigenvalue weighted by molar-refractivity contribution is -0.139. The minimum Gasteiger partial charge on any atom is -0.488 e. The first-order valence-electron chi connectivity index (χ1n) is 9.58. The fourth-order valence-corrected chi connectivity index (χ4v) is 2.75. The van der Waals surface area contributed by atoms with Gasteiger partial charge in [0.25, 0.3) is 0 Å².